The maximum absolute atomic E-state index is 12.6. The van der Waals surface area contributed by atoms with Gasteiger partial charge < -0.3 is 0 Å². The second-order valence-electron chi connectivity index (χ2n) is 3.95. The predicted octanol–water partition coefficient (Wildman–Crippen LogP) is 4.07. The van der Waals surface area contributed by atoms with Gasteiger partial charge in [0.05, 0.1) is 16.3 Å². The predicted molar refractivity (Wildman–Crippen MR) is 63.4 cm³/mol. The minimum Gasteiger partial charge on any atom is -0.271 e. The Labute approximate surface area is 107 Å². The lowest BCUT2D eigenvalue weighted by Gasteiger charge is -2.07. The van der Waals surface area contributed by atoms with Gasteiger partial charge in [-0.2, -0.15) is 18.3 Å². The van der Waals surface area contributed by atoms with Crippen molar-refractivity contribution in [3.63, 3.8) is 0 Å². The van der Waals surface area contributed by atoms with E-state index < -0.39 is 11.7 Å². The van der Waals surface area contributed by atoms with Gasteiger partial charge in [-0.05, 0) is 19.1 Å². The van der Waals surface area contributed by atoms with E-state index in [0.29, 0.717) is 22.0 Å². The van der Waals surface area contributed by atoms with Crippen molar-refractivity contribution in [2.45, 2.75) is 13.1 Å². The molecule has 2 nitrogen and oxygen atoms in total. The van der Waals surface area contributed by atoms with E-state index >= 15 is 0 Å². The summed E-state index contributed by atoms with van der Waals surface area (Å²) in [6.07, 6.45) is -4.37. The molecule has 1 aromatic heterocycles. The molecule has 0 saturated carbocycles. The Morgan fingerprint density at radius 2 is 1.94 bits per heavy atom. The third-order valence-electron chi connectivity index (χ3n) is 2.72. The molecule has 0 amide bonds. The van der Waals surface area contributed by atoms with Gasteiger partial charge in [-0.3, -0.25) is 4.68 Å². The van der Waals surface area contributed by atoms with Gasteiger partial charge >= 0.3 is 6.18 Å². The largest absolute Gasteiger partial charge is 0.416 e. The summed E-state index contributed by atoms with van der Waals surface area (Å²) >= 11 is 6.05. The van der Waals surface area contributed by atoms with Crippen molar-refractivity contribution in [3.05, 3.63) is 40.5 Å². The maximum Gasteiger partial charge on any atom is 0.416 e. The van der Waals surface area contributed by atoms with Gasteiger partial charge in [0.2, 0.25) is 0 Å². The van der Waals surface area contributed by atoms with Crippen molar-refractivity contribution in [1.82, 2.24) is 9.78 Å². The second kappa shape index (κ2) is 4.31. The highest BCUT2D eigenvalue weighted by molar-refractivity contribution is 6.33. The number of aryl methyl sites for hydroxylation is 1. The van der Waals surface area contributed by atoms with Crippen LogP contribution >= 0.6 is 11.6 Å². The first-order chi connectivity index (χ1) is 8.30. The Hall–Kier alpha value is -1.49. The average Bonchev–Trinajstić information content (AvgIpc) is 2.56. The van der Waals surface area contributed by atoms with Crippen molar-refractivity contribution in [3.8, 4) is 11.3 Å². The zero-order valence-electron chi connectivity index (χ0n) is 9.72. The van der Waals surface area contributed by atoms with Crippen LogP contribution in [0.1, 0.15) is 11.3 Å². The highest BCUT2D eigenvalue weighted by atomic mass is 35.5. The lowest BCUT2D eigenvalue weighted by Crippen LogP contribution is -2.04. The number of rotatable bonds is 1. The molecule has 0 aliphatic rings. The molecule has 18 heavy (non-hydrogen) atoms. The molecule has 96 valence electrons. The molecule has 0 saturated heterocycles. The topological polar surface area (TPSA) is 17.8 Å². The molecule has 6 heteroatoms. The zero-order chi connectivity index (χ0) is 13.5. The van der Waals surface area contributed by atoms with E-state index in [9.17, 15) is 13.2 Å². The Bertz CT molecular complexity index is 587. The van der Waals surface area contributed by atoms with Gasteiger partial charge in [0.15, 0.2) is 0 Å². The van der Waals surface area contributed by atoms with Crippen molar-refractivity contribution in [2.24, 2.45) is 7.05 Å². The first-order valence-corrected chi connectivity index (χ1v) is 5.55. The van der Waals surface area contributed by atoms with Gasteiger partial charge in [0, 0.05) is 12.6 Å². The van der Waals surface area contributed by atoms with Crippen LogP contribution in [0, 0.1) is 6.92 Å². The number of benzene rings is 1. The normalized spacial score (nSPS) is 11.9. The van der Waals surface area contributed by atoms with Crippen LogP contribution in [0.2, 0.25) is 5.02 Å². The molecule has 0 aliphatic carbocycles. The first kappa shape index (κ1) is 13.0. The molecule has 0 aliphatic heterocycles. The average molecular weight is 275 g/mol. The molecular weight excluding hydrogens is 265 g/mol. The first-order valence-electron chi connectivity index (χ1n) is 5.17. The SMILES string of the molecule is Cc1c(Cl)c(-c2cccc(C(F)(F)F)c2)nn1C. The standard InChI is InChI=1S/C12H10ClF3N2/c1-7-10(13)11(17-18(7)2)8-4-3-5-9(6-8)12(14,15)16/h3-6H,1-2H3. The van der Waals surface area contributed by atoms with Crippen molar-refractivity contribution < 1.29 is 13.2 Å². The Kier molecular flexibility index (Phi) is 3.11. The third-order valence-corrected chi connectivity index (χ3v) is 3.18. The van der Waals surface area contributed by atoms with Gasteiger partial charge in [-0.1, -0.05) is 23.7 Å². The van der Waals surface area contributed by atoms with Gasteiger partial charge in [-0.25, -0.2) is 0 Å². The molecule has 0 N–H and O–H groups in total. The molecule has 0 atom stereocenters. The molecular formula is C12H10ClF3N2. The van der Waals surface area contributed by atoms with E-state index in [2.05, 4.69) is 5.10 Å². The number of halogens is 4. The summed E-state index contributed by atoms with van der Waals surface area (Å²) < 4.78 is 39.4. The summed E-state index contributed by atoms with van der Waals surface area (Å²) in [6.45, 7) is 1.76. The lowest BCUT2D eigenvalue weighted by molar-refractivity contribution is -0.137. The van der Waals surface area contributed by atoms with Crippen LogP contribution in [0.25, 0.3) is 11.3 Å². The zero-order valence-corrected chi connectivity index (χ0v) is 10.5. The van der Waals surface area contributed by atoms with E-state index in [1.165, 1.54) is 10.7 Å². The number of nitrogens with zero attached hydrogens (tertiary/aromatic N) is 2. The third kappa shape index (κ3) is 2.22. The molecule has 0 radical (unpaired) electrons. The lowest BCUT2D eigenvalue weighted by atomic mass is 10.1. The molecule has 0 fully saturated rings. The van der Waals surface area contributed by atoms with Crippen LogP contribution in [0.3, 0.4) is 0 Å². The second-order valence-corrected chi connectivity index (χ2v) is 4.33. The molecule has 0 spiro atoms. The summed E-state index contributed by atoms with van der Waals surface area (Å²) in [5, 5.41) is 4.49. The minimum atomic E-state index is -4.37. The number of hydrogen-bond donors (Lipinski definition) is 0. The van der Waals surface area contributed by atoms with E-state index in [0.717, 1.165) is 12.1 Å². The van der Waals surface area contributed by atoms with E-state index in [1.807, 2.05) is 0 Å². The molecule has 0 bridgehead atoms. The van der Waals surface area contributed by atoms with Gasteiger partial charge in [0.1, 0.15) is 5.69 Å². The molecule has 1 heterocycles. The van der Waals surface area contributed by atoms with Gasteiger partial charge in [-0.15, -0.1) is 0 Å². The van der Waals surface area contributed by atoms with Crippen molar-refractivity contribution in [1.29, 1.82) is 0 Å². The smallest absolute Gasteiger partial charge is 0.271 e. The van der Waals surface area contributed by atoms with Crippen LogP contribution in [0.15, 0.2) is 24.3 Å². The fourth-order valence-corrected chi connectivity index (χ4v) is 1.88. The van der Waals surface area contributed by atoms with Crippen LogP contribution < -0.4 is 0 Å². The van der Waals surface area contributed by atoms with E-state index in [1.54, 1.807) is 20.0 Å². The van der Waals surface area contributed by atoms with Gasteiger partial charge in [0.25, 0.3) is 0 Å². The summed E-state index contributed by atoms with van der Waals surface area (Å²) in [5.41, 5.74) is 0.727. The number of aromatic nitrogens is 2. The molecule has 1 aromatic carbocycles. The van der Waals surface area contributed by atoms with Crippen LogP contribution in [-0.4, -0.2) is 9.78 Å². The summed E-state index contributed by atoms with van der Waals surface area (Å²) in [4.78, 5) is 0. The highest BCUT2D eigenvalue weighted by Crippen LogP contribution is 2.34. The Morgan fingerprint density at radius 1 is 1.28 bits per heavy atom. The van der Waals surface area contributed by atoms with E-state index in [4.69, 9.17) is 11.6 Å². The van der Waals surface area contributed by atoms with Crippen LogP contribution in [-0.2, 0) is 13.2 Å². The molecule has 2 aromatic rings. The fourth-order valence-electron chi connectivity index (χ4n) is 1.61. The summed E-state index contributed by atoms with van der Waals surface area (Å²) in [6, 6.07) is 4.97. The Balaban J connectivity index is 2.55. The quantitative estimate of drug-likeness (QED) is 0.766. The summed E-state index contributed by atoms with van der Waals surface area (Å²) in [5.74, 6) is 0. The van der Waals surface area contributed by atoms with Crippen molar-refractivity contribution >= 4 is 11.6 Å². The Morgan fingerprint density at radius 3 is 2.44 bits per heavy atom. The van der Waals surface area contributed by atoms with E-state index in [-0.39, 0.29) is 0 Å². The summed E-state index contributed by atoms with van der Waals surface area (Å²) in [7, 11) is 1.69. The minimum absolute atomic E-state index is 0.360. The number of alkyl halides is 3. The molecule has 2 rings (SSSR count). The maximum atomic E-state index is 12.6. The van der Waals surface area contributed by atoms with Crippen molar-refractivity contribution in [2.75, 3.05) is 0 Å². The molecule has 0 unspecified atom stereocenters. The highest BCUT2D eigenvalue weighted by Gasteiger charge is 2.30. The van der Waals surface area contributed by atoms with Crippen LogP contribution in [0.5, 0.6) is 0 Å². The van der Waals surface area contributed by atoms with Crippen LogP contribution in [0.4, 0.5) is 13.2 Å². The number of hydrogen-bond acceptors (Lipinski definition) is 1. The monoisotopic (exact) mass is 274 g/mol. The fraction of sp³-hybridized carbons (Fsp3) is 0.250.